The molecule has 0 N–H and O–H groups in total. The molecule has 2 aromatic rings. The van der Waals surface area contributed by atoms with Crippen molar-refractivity contribution in [2.24, 2.45) is 5.41 Å². The van der Waals surface area contributed by atoms with Crippen molar-refractivity contribution in [2.75, 3.05) is 0 Å². The van der Waals surface area contributed by atoms with E-state index in [-0.39, 0.29) is 10.7 Å². The third-order valence-corrected chi connectivity index (χ3v) is 6.21. The van der Waals surface area contributed by atoms with Gasteiger partial charge in [-0.3, -0.25) is 4.98 Å². The molecule has 0 radical (unpaired) electrons. The molecule has 1 aromatic heterocycles. The molecule has 0 bridgehead atoms. The van der Waals surface area contributed by atoms with Crippen LogP contribution in [0.4, 0.5) is 0 Å². The fraction of sp³-hybridized carbons (Fsp3) is 0.522. The average molecular weight is 333 g/mol. The molecule has 1 aliphatic rings. The molecule has 0 aliphatic heterocycles. The van der Waals surface area contributed by atoms with Gasteiger partial charge >= 0.3 is 0 Å². The van der Waals surface area contributed by atoms with E-state index < -0.39 is 0 Å². The molecule has 2 heteroatoms. The summed E-state index contributed by atoms with van der Waals surface area (Å²) in [6, 6.07) is 13.4. The first kappa shape index (κ1) is 18.2. The van der Waals surface area contributed by atoms with E-state index in [1.54, 1.807) is 0 Å². The highest BCUT2D eigenvalue weighted by molar-refractivity contribution is 6.16. The van der Waals surface area contributed by atoms with Crippen LogP contribution in [0.2, 0.25) is 0 Å². The number of hydrogen-bond donors (Lipinski definition) is 0. The standard InChI is InChI=1S/C23H32BN/c1-21(2,3)18-8-6-17(7-9-18)20-11-10-19(16-25-20)23(24)14-12-22(4,5)13-15-23/h6-11,16H,12-15,24H2,1-5H3. The Morgan fingerprint density at radius 3 is 1.96 bits per heavy atom. The number of benzene rings is 1. The Hall–Kier alpha value is -1.57. The number of rotatable bonds is 2. The molecule has 1 fully saturated rings. The maximum absolute atomic E-state index is 4.80. The summed E-state index contributed by atoms with van der Waals surface area (Å²) in [5, 5.41) is 0.289. The van der Waals surface area contributed by atoms with E-state index >= 15 is 0 Å². The van der Waals surface area contributed by atoms with Crippen molar-refractivity contribution in [3.63, 3.8) is 0 Å². The largest absolute Gasteiger partial charge is 0.256 e. The molecule has 132 valence electrons. The molecule has 1 aliphatic carbocycles. The Labute approximate surface area is 154 Å². The fourth-order valence-corrected chi connectivity index (χ4v) is 3.83. The SMILES string of the molecule is BC1(c2ccc(-c3ccc(C(C)(C)C)cc3)nc2)CCC(C)(C)CC1. The van der Waals surface area contributed by atoms with Crippen LogP contribution in [0.3, 0.4) is 0 Å². The van der Waals surface area contributed by atoms with E-state index in [0.29, 0.717) is 5.41 Å². The molecule has 1 nitrogen and oxygen atoms in total. The lowest BCUT2D eigenvalue weighted by atomic mass is 9.53. The van der Waals surface area contributed by atoms with Gasteiger partial charge in [-0.05, 0) is 46.2 Å². The quantitative estimate of drug-likeness (QED) is 0.664. The zero-order valence-corrected chi connectivity index (χ0v) is 16.8. The first-order valence-corrected chi connectivity index (χ1v) is 9.67. The van der Waals surface area contributed by atoms with E-state index in [1.807, 2.05) is 0 Å². The molecule has 0 spiro atoms. The average Bonchev–Trinajstić information content (AvgIpc) is 2.57. The fourth-order valence-electron chi connectivity index (χ4n) is 3.83. The minimum Gasteiger partial charge on any atom is -0.256 e. The molecule has 3 rings (SSSR count). The summed E-state index contributed by atoms with van der Waals surface area (Å²) >= 11 is 0. The molecule has 1 saturated carbocycles. The van der Waals surface area contributed by atoms with Crippen molar-refractivity contribution in [3.8, 4) is 11.3 Å². The third-order valence-electron chi connectivity index (χ3n) is 6.21. The van der Waals surface area contributed by atoms with Crippen molar-refractivity contribution in [2.45, 2.75) is 71.0 Å². The van der Waals surface area contributed by atoms with Gasteiger partial charge in [0.05, 0.1) is 5.69 Å². The van der Waals surface area contributed by atoms with Crippen molar-refractivity contribution < 1.29 is 0 Å². The zero-order valence-electron chi connectivity index (χ0n) is 16.8. The predicted octanol–water partition coefficient (Wildman–Crippen LogP) is 5.47. The van der Waals surface area contributed by atoms with Gasteiger partial charge in [0.1, 0.15) is 7.85 Å². The van der Waals surface area contributed by atoms with E-state index in [0.717, 1.165) is 5.69 Å². The topological polar surface area (TPSA) is 12.9 Å². The van der Waals surface area contributed by atoms with Gasteiger partial charge in [-0.1, -0.05) is 77.8 Å². The van der Waals surface area contributed by atoms with Crippen LogP contribution in [-0.4, -0.2) is 12.8 Å². The van der Waals surface area contributed by atoms with E-state index in [1.165, 1.54) is 42.4 Å². The molecule has 0 atom stereocenters. The highest BCUT2D eigenvalue weighted by atomic mass is 14.7. The Morgan fingerprint density at radius 2 is 1.48 bits per heavy atom. The summed E-state index contributed by atoms with van der Waals surface area (Å²) in [5.41, 5.74) is 5.74. The third kappa shape index (κ3) is 3.99. The van der Waals surface area contributed by atoms with Gasteiger partial charge in [0.25, 0.3) is 0 Å². The van der Waals surface area contributed by atoms with Gasteiger partial charge in [-0.2, -0.15) is 0 Å². The second kappa shape index (κ2) is 6.30. The Bertz CT molecular complexity index is 710. The van der Waals surface area contributed by atoms with Crippen LogP contribution < -0.4 is 0 Å². The van der Waals surface area contributed by atoms with Crippen molar-refractivity contribution >= 4 is 7.85 Å². The smallest absolute Gasteiger partial charge is 0.115 e. The minimum atomic E-state index is 0.194. The number of pyridine rings is 1. The minimum absolute atomic E-state index is 0.194. The number of nitrogens with zero attached hydrogens (tertiary/aromatic N) is 1. The van der Waals surface area contributed by atoms with E-state index in [4.69, 9.17) is 4.98 Å². The summed E-state index contributed by atoms with van der Waals surface area (Å²) in [6.45, 7) is 11.5. The maximum Gasteiger partial charge on any atom is 0.115 e. The van der Waals surface area contributed by atoms with E-state index in [9.17, 15) is 0 Å². The molecule has 0 unspecified atom stereocenters. The molecular weight excluding hydrogens is 301 g/mol. The van der Waals surface area contributed by atoms with E-state index in [2.05, 4.69) is 85.1 Å². The van der Waals surface area contributed by atoms with Crippen LogP contribution in [-0.2, 0) is 10.7 Å². The second-order valence-corrected chi connectivity index (χ2v) is 9.98. The zero-order chi connectivity index (χ0) is 18.3. The first-order valence-electron chi connectivity index (χ1n) is 9.67. The second-order valence-electron chi connectivity index (χ2n) is 9.98. The Kier molecular flexibility index (Phi) is 4.60. The highest BCUT2D eigenvalue weighted by Gasteiger charge is 2.36. The van der Waals surface area contributed by atoms with Crippen LogP contribution in [0.5, 0.6) is 0 Å². The molecule has 25 heavy (non-hydrogen) atoms. The molecular formula is C23H32BN. The predicted molar refractivity (Wildman–Crippen MR) is 111 cm³/mol. The first-order chi connectivity index (χ1) is 11.6. The molecule has 0 amide bonds. The normalized spacial score (nSPS) is 19.6. The van der Waals surface area contributed by atoms with Crippen LogP contribution >= 0.6 is 0 Å². The van der Waals surface area contributed by atoms with Gasteiger partial charge in [0.2, 0.25) is 0 Å². The van der Waals surface area contributed by atoms with Crippen LogP contribution in [0.1, 0.15) is 71.4 Å². The van der Waals surface area contributed by atoms with Crippen molar-refractivity contribution in [1.82, 2.24) is 4.98 Å². The lowest BCUT2D eigenvalue weighted by molar-refractivity contribution is 0.206. The van der Waals surface area contributed by atoms with Gasteiger partial charge in [0.15, 0.2) is 0 Å². The molecule has 0 saturated heterocycles. The summed E-state index contributed by atoms with van der Waals surface area (Å²) in [4.78, 5) is 4.80. The Balaban J connectivity index is 1.79. The highest BCUT2D eigenvalue weighted by Crippen LogP contribution is 2.44. The van der Waals surface area contributed by atoms with Crippen molar-refractivity contribution in [3.05, 3.63) is 53.7 Å². The maximum atomic E-state index is 4.80. The van der Waals surface area contributed by atoms with Gasteiger partial charge in [-0.15, -0.1) is 0 Å². The summed E-state index contributed by atoms with van der Waals surface area (Å²) < 4.78 is 0. The number of aromatic nitrogens is 1. The van der Waals surface area contributed by atoms with Crippen LogP contribution in [0.15, 0.2) is 42.6 Å². The molecule has 1 aromatic carbocycles. The summed E-state index contributed by atoms with van der Waals surface area (Å²) in [7, 11) is 2.41. The van der Waals surface area contributed by atoms with Gasteiger partial charge in [-0.25, -0.2) is 0 Å². The van der Waals surface area contributed by atoms with Gasteiger partial charge in [0, 0.05) is 11.8 Å². The monoisotopic (exact) mass is 333 g/mol. The lowest BCUT2D eigenvalue weighted by Gasteiger charge is -2.41. The van der Waals surface area contributed by atoms with Crippen molar-refractivity contribution in [1.29, 1.82) is 0 Å². The van der Waals surface area contributed by atoms with Gasteiger partial charge < -0.3 is 0 Å². The lowest BCUT2D eigenvalue weighted by Crippen LogP contribution is -2.35. The summed E-state index contributed by atoms with van der Waals surface area (Å²) in [5.74, 6) is 0. The number of hydrogen-bond acceptors (Lipinski definition) is 1. The van der Waals surface area contributed by atoms with Crippen LogP contribution in [0.25, 0.3) is 11.3 Å². The summed E-state index contributed by atoms with van der Waals surface area (Å²) in [6.07, 6.45) is 7.26. The van der Waals surface area contributed by atoms with Crippen LogP contribution in [0, 0.1) is 5.41 Å². The molecule has 1 heterocycles. The Morgan fingerprint density at radius 1 is 0.880 bits per heavy atom.